The van der Waals surface area contributed by atoms with E-state index in [9.17, 15) is 19.5 Å². The van der Waals surface area contributed by atoms with Crippen molar-refractivity contribution in [3.05, 3.63) is 65.2 Å². The van der Waals surface area contributed by atoms with Gasteiger partial charge in [-0.1, -0.05) is 62.4 Å². The minimum absolute atomic E-state index is 0.175. The molecular weight excluding hydrogens is 496 g/mol. The van der Waals surface area contributed by atoms with E-state index in [4.69, 9.17) is 4.74 Å². The molecule has 9 nitrogen and oxygen atoms in total. The highest BCUT2D eigenvalue weighted by molar-refractivity contribution is 5.88. The van der Waals surface area contributed by atoms with E-state index in [0.29, 0.717) is 31.6 Å². The van der Waals surface area contributed by atoms with Crippen LogP contribution in [0.4, 0.5) is 4.79 Å². The number of rotatable bonds is 13. The molecule has 2 aromatic carbocycles. The van der Waals surface area contributed by atoms with Crippen LogP contribution < -0.4 is 26.0 Å². The molecule has 5 N–H and O–H groups in total. The Balaban J connectivity index is 1.69. The number of aliphatic hydroxyl groups is 1. The molecule has 0 saturated carbocycles. The fourth-order valence-corrected chi connectivity index (χ4v) is 4.91. The molecule has 4 amide bonds. The van der Waals surface area contributed by atoms with Crippen molar-refractivity contribution < 1.29 is 24.2 Å². The van der Waals surface area contributed by atoms with E-state index in [0.717, 1.165) is 16.7 Å². The lowest BCUT2D eigenvalue weighted by atomic mass is 9.92. The molecular formula is C30H42N4O5. The van der Waals surface area contributed by atoms with Gasteiger partial charge in [0.2, 0.25) is 5.91 Å². The van der Waals surface area contributed by atoms with Crippen molar-refractivity contribution in [1.29, 1.82) is 0 Å². The van der Waals surface area contributed by atoms with Crippen LogP contribution in [-0.2, 0) is 16.0 Å². The van der Waals surface area contributed by atoms with E-state index in [1.54, 1.807) is 0 Å². The summed E-state index contributed by atoms with van der Waals surface area (Å²) in [5.74, 6) is 0.336. The summed E-state index contributed by atoms with van der Waals surface area (Å²) in [6.45, 7) is 8.21. The highest BCUT2D eigenvalue weighted by Gasteiger charge is 2.30. The summed E-state index contributed by atoms with van der Waals surface area (Å²) >= 11 is 0. The average Bonchev–Trinajstić information content (AvgIpc) is 2.88. The molecule has 3 rings (SSSR count). The predicted octanol–water partition coefficient (Wildman–Crippen LogP) is 2.76. The smallest absolute Gasteiger partial charge is 0.315 e. The molecule has 0 aromatic heterocycles. The number of aliphatic hydroxyl groups excluding tert-OH is 1. The lowest BCUT2D eigenvalue weighted by Gasteiger charge is -2.31. The van der Waals surface area contributed by atoms with E-state index in [1.807, 2.05) is 76.2 Å². The number of hydrogen-bond acceptors (Lipinski definition) is 5. The highest BCUT2D eigenvalue weighted by Crippen LogP contribution is 2.22. The summed E-state index contributed by atoms with van der Waals surface area (Å²) in [7, 11) is 0. The summed E-state index contributed by atoms with van der Waals surface area (Å²) < 4.78 is 5.83. The van der Waals surface area contributed by atoms with Crippen LogP contribution in [0.2, 0.25) is 0 Å². The molecule has 39 heavy (non-hydrogen) atoms. The molecule has 0 radical (unpaired) electrons. The number of para-hydroxylation sites is 1. The standard InChI is InChI=1S/C30H42N4O5/c1-19(2)15-23(32-29(37)24-13-14-31-30(38)34-24)17-26(35)25(16-22-11-6-5-7-12-22)33-27(36)18-39-28-20(3)9-8-10-21(28)4/h5-12,19,23-26,35H,13-18H2,1-4H3,(H,32,37)(H,33,36)(H2,31,34,38)/t23-,24?,25-,26-/m0/s1. The van der Waals surface area contributed by atoms with Crippen LogP contribution in [0.5, 0.6) is 5.75 Å². The molecule has 1 heterocycles. The van der Waals surface area contributed by atoms with Crippen LogP contribution in [0, 0.1) is 19.8 Å². The van der Waals surface area contributed by atoms with Gasteiger partial charge in [0.25, 0.3) is 5.91 Å². The second-order valence-electron chi connectivity index (χ2n) is 10.8. The number of carbonyl (C=O) groups excluding carboxylic acids is 3. The maximum Gasteiger partial charge on any atom is 0.315 e. The van der Waals surface area contributed by atoms with Gasteiger partial charge in [-0.2, -0.15) is 0 Å². The zero-order valence-electron chi connectivity index (χ0n) is 23.3. The predicted molar refractivity (Wildman–Crippen MR) is 150 cm³/mol. The SMILES string of the molecule is Cc1cccc(C)c1OCC(=O)N[C@@H](Cc1ccccc1)[C@@H](O)C[C@H](CC(C)C)NC(=O)C1CCNC(=O)N1. The van der Waals surface area contributed by atoms with Crippen LogP contribution in [0.3, 0.4) is 0 Å². The van der Waals surface area contributed by atoms with E-state index in [2.05, 4.69) is 21.3 Å². The first-order valence-electron chi connectivity index (χ1n) is 13.7. The molecule has 212 valence electrons. The maximum atomic E-state index is 13.0. The largest absolute Gasteiger partial charge is 0.483 e. The van der Waals surface area contributed by atoms with Gasteiger partial charge < -0.3 is 31.1 Å². The molecule has 9 heteroatoms. The van der Waals surface area contributed by atoms with Crippen LogP contribution in [0.15, 0.2) is 48.5 Å². The van der Waals surface area contributed by atoms with Gasteiger partial charge in [-0.25, -0.2) is 4.79 Å². The van der Waals surface area contributed by atoms with Gasteiger partial charge in [-0.3, -0.25) is 9.59 Å². The molecule has 1 fully saturated rings. The topological polar surface area (TPSA) is 129 Å². The fraction of sp³-hybridized carbons (Fsp3) is 0.500. The monoisotopic (exact) mass is 538 g/mol. The summed E-state index contributed by atoms with van der Waals surface area (Å²) in [6.07, 6.45) is 0.869. The summed E-state index contributed by atoms with van der Waals surface area (Å²) in [6, 6.07) is 13.5. The summed E-state index contributed by atoms with van der Waals surface area (Å²) in [5, 5.41) is 22.6. The Morgan fingerprint density at radius 2 is 1.72 bits per heavy atom. The zero-order chi connectivity index (χ0) is 28.4. The van der Waals surface area contributed by atoms with Gasteiger partial charge in [-0.15, -0.1) is 0 Å². The van der Waals surface area contributed by atoms with Crippen LogP contribution in [0.1, 0.15) is 49.8 Å². The average molecular weight is 539 g/mol. The van der Waals surface area contributed by atoms with Crippen molar-refractivity contribution in [2.24, 2.45) is 5.92 Å². The number of nitrogens with one attached hydrogen (secondary N) is 4. The molecule has 0 spiro atoms. The second kappa shape index (κ2) is 14.5. The van der Waals surface area contributed by atoms with Crippen LogP contribution in [0.25, 0.3) is 0 Å². The number of amides is 4. The first-order chi connectivity index (χ1) is 18.6. The molecule has 1 unspecified atom stereocenters. The molecule has 1 aliphatic heterocycles. The molecule has 4 atom stereocenters. The highest BCUT2D eigenvalue weighted by atomic mass is 16.5. The van der Waals surface area contributed by atoms with Gasteiger partial charge in [-0.05, 0) is 62.1 Å². The zero-order valence-corrected chi connectivity index (χ0v) is 23.3. The van der Waals surface area contributed by atoms with Gasteiger partial charge >= 0.3 is 6.03 Å². The van der Waals surface area contributed by atoms with Crippen LogP contribution >= 0.6 is 0 Å². The molecule has 1 aliphatic rings. The Hall–Kier alpha value is -3.59. The van der Waals surface area contributed by atoms with Crippen molar-refractivity contribution in [3.63, 3.8) is 0 Å². The number of benzene rings is 2. The molecule has 2 aromatic rings. The number of hydrogen-bond donors (Lipinski definition) is 5. The Morgan fingerprint density at radius 3 is 2.36 bits per heavy atom. The molecule has 1 saturated heterocycles. The van der Waals surface area contributed by atoms with E-state index >= 15 is 0 Å². The van der Waals surface area contributed by atoms with E-state index in [1.165, 1.54) is 0 Å². The maximum absolute atomic E-state index is 13.0. The third kappa shape index (κ3) is 9.58. The van der Waals surface area contributed by atoms with Gasteiger partial charge in [0.05, 0.1) is 12.1 Å². The van der Waals surface area contributed by atoms with Gasteiger partial charge in [0, 0.05) is 12.6 Å². The second-order valence-corrected chi connectivity index (χ2v) is 10.8. The van der Waals surface area contributed by atoms with Crippen LogP contribution in [-0.4, -0.2) is 60.3 Å². The van der Waals surface area contributed by atoms with Crippen molar-refractivity contribution in [3.8, 4) is 5.75 Å². The minimum atomic E-state index is -0.930. The minimum Gasteiger partial charge on any atom is -0.483 e. The normalized spacial score (nSPS) is 17.4. The van der Waals surface area contributed by atoms with Crippen molar-refractivity contribution in [1.82, 2.24) is 21.3 Å². The number of aryl methyl sites for hydroxylation is 2. The van der Waals surface area contributed by atoms with Gasteiger partial charge in [0.15, 0.2) is 6.61 Å². The lowest BCUT2D eigenvalue weighted by molar-refractivity contribution is -0.126. The lowest BCUT2D eigenvalue weighted by Crippen LogP contribution is -2.57. The third-order valence-corrected chi connectivity index (χ3v) is 6.83. The first kappa shape index (κ1) is 30.0. The molecule has 0 bridgehead atoms. The fourth-order valence-electron chi connectivity index (χ4n) is 4.91. The number of carbonyl (C=O) groups is 3. The number of ether oxygens (including phenoxy) is 1. The van der Waals surface area contributed by atoms with Crippen molar-refractivity contribution in [2.45, 2.75) is 77.6 Å². The third-order valence-electron chi connectivity index (χ3n) is 6.83. The Bertz CT molecular complexity index is 1090. The summed E-state index contributed by atoms with van der Waals surface area (Å²) in [4.78, 5) is 37.5. The van der Waals surface area contributed by atoms with Crippen molar-refractivity contribution >= 4 is 17.8 Å². The summed E-state index contributed by atoms with van der Waals surface area (Å²) in [5.41, 5.74) is 2.86. The van der Waals surface area contributed by atoms with Gasteiger partial charge in [0.1, 0.15) is 11.8 Å². The van der Waals surface area contributed by atoms with E-state index in [-0.39, 0.29) is 42.8 Å². The Labute approximate surface area is 231 Å². The van der Waals surface area contributed by atoms with Crippen molar-refractivity contribution in [2.75, 3.05) is 13.2 Å². The molecule has 0 aliphatic carbocycles. The first-order valence-corrected chi connectivity index (χ1v) is 13.7. The number of urea groups is 1. The quantitative estimate of drug-likeness (QED) is 0.268. The van der Waals surface area contributed by atoms with E-state index < -0.39 is 18.2 Å². The Morgan fingerprint density at radius 1 is 1.03 bits per heavy atom. The Kier molecular flexibility index (Phi) is 11.2.